The van der Waals surface area contributed by atoms with Crippen LogP contribution in [0.4, 0.5) is 5.69 Å². The van der Waals surface area contributed by atoms with Crippen LogP contribution in [0.1, 0.15) is 24.8 Å². The molecule has 1 fully saturated rings. The molecule has 1 aromatic rings. The van der Waals surface area contributed by atoms with E-state index in [2.05, 4.69) is 34.5 Å². The Morgan fingerprint density at radius 3 is 2.81 bits per heavy atom. The van der Waals surface area contributed by atoms with Gasteiger partial charge in [-0.3, -0.25) is 4.79 Å². The van der Waals surface area contributed by atoms with Gasteiger partial charge < -0.3 is 10.2 Å². The number of hydrogen-bond donors (Lipinski definition) is 1. The molecule has 3 rings (SSSR count). The van der Waals surface area contributed by atoms with Gasteiger partial charge in [0, 0.05) is 52.5 Å². The topological polar surface area (TPSA) is 73.0 Å². The Balaban J connectivity index is 1.43. The number of carbonyl (C=O) groups excluding carboxylic acids is 1. The number of rotatable bonds is 7. The van der Waals surface area contributed by atoms with Crippen molar-refractivity contribution in [3.05, 3.63) is 29.8 Å². The molecule has 2 aliphatic rings. The molecule has 1 N–H and O–H groups in total. The van der Waals surface area contributed by atoms with E-state index in [0.717, 1.165) is 38.8 Å². The summed E-state index contributed by atoms with van der Waals surface area (Å²) in [7, 11) is -0.404. The predicted molar refractivity (Wildman–Crippen MR) is 107 cm³/mol. The van der Waals surface area contributed by atoms with Crippen LogP contribution < -0.4 is 10.2 Å². The van der Waals surface area contributed by atoms with Crippen LogP contribution in [0, 0.1) is 5.92 Å². The van der Waals surface area contributed by atoms with Gasteiger partial charge in [0.15, 0.2) is 0 Å². The highest BCUT2D eigenvalue weighted by atomic mass is 32.2. The standard InChI is InChI=1S/C19H30N4O3S/c1-21(2)27(25,26)23-13-5-8-17(15-23)19(24)20-11-6-12-22-14-10-16-7-3-4-9-18(16)22/h3-4,7,9,17H,5-6,8,10-15H2,1-2H3,(H,20,24)/t17-/m0/s1. The van der Waals surface area contributed by atoms with Crippen molar-refractivity contribution in [2.24, 2.45) is 5.92 Å². The summed E-state index contributed by atoms with van der Waals surface area (Å²) in [4.78, 5) is 14.8. The smallest absolute Gasteiger partial charge is 0.281 e. The molecule has 150 valence electrons. The van der Waals surface area contributed by atoms with E-state index >= 15 is 0 Å². The van der Waals surface area contributed by atoms with E-state index in [9.17, 15) is 13.2 Å². The van der Waals surface area contributed by atoms with Gasteiger partial charge in [-0.05, 0) is 37.3 Å². The molecule has 8 heteroatoms. The summed E-state index contributed by atoms with van der Waals surface area (Å²) in [5, 5.41) is 3.00. The highest BCUT2D eigenvalue weighted by Crippen LogP contribution is 2.27. The largest absolute Gasteiger partial charge is 0.371 e. The first-order valence-corrected chi connectivity index (χ1v) is 11.1. The third-order valence-electron chi connectivity index (χ3n) is 5.43. The van der Waals surface area contributed by atoms with E-state index in [0.29, 0.717) is 13.1 Å². The second kappa shape index (κ2) is 8.58. The van der Waals surface area contributed by atoms with Crippen LogP contribution in [0.2, 0.25) is 0 Å². The van der Waals surface area contributed by atoms with E-state index in [1.165, 1.54) is 34.0 Å². The number of para-hydroxylation sites is 1. The molecule has 0 unspecified atom stereocenters. The molecule has 0 saturated carbocycles. The number of carbonyl (C=O) groups is 1. The van der Waals surface area contributed by atoms with E-state index in [1.807, 2.05) is 0 Å². The minimum absolute atomic E-state index is 0.0320. The Morgan fingerprint density at radius 2 is 2.04 bits per heavy atom. The Kier molecular flexibility index (Phi) is 6.39. The van der Waals surface area contributed by atoms with Gasteiger partial charge in [-0.2, -0.15) is 17.0 Å². The highest BCUT2D eigenvalue weighted by molar-refractivity contribution is 7.86. The average Bonchev–Trinajstić information content (AvgIpc) is 3.08. The number of piperidine rings is 1. The van der Waals surface area contributed by atoms with Crippen LogP contribution >= 0.6 is 0 Å². The van der Waals surface area contributed by atoms with Crippen molar-refractivity contribution in [3.63, 3.8) is 0 Å². The highest BCUT2D eigenvalue weighted by Gasteiger charge is 2.33. The van der Waals surface area contributed by atoms with Crippen molar-refractivity contribution < 1.29 is 13.2 Å². The van der Waals surface area contributed by atoms with Gasteiger partial charge in [-0.1, -0.05) is 18.2 Å². The van der Waals surface area contributed by atoms with E-state index in [-0.39, 0.29) is 18.4 Å². The van der Waals surface area contributed by atoms with Gasteiger partial charge in [0.2, 0.25) is 5.91 Å². The summed E-state index contributed by atoms with van der Waals surface area (Å²) >= 11 is 0. The average molecular weight is 395 g/mol. The molecule has 2 aliphatic heterocycles. The monoisotopic (exact) mass is 394 g/mol. The quantitative estimate of drug-likeness (QED) is 0.703. The Hall–Kier alpha value is -1.64. The zero-order chi connectivity index (χ0) is 19.4. The maximum atomic E-state index is 12.5. The van der Waals surface area contributed by atoms with Crippen LogP contribution in [0.15, 0.2) is 24.3 Å². The summed E-state index contributed by atoms with van der Waals surface area (Å²) in [6.45, 7) is 3.33. The summed E-state index contributed by atoms with van der Waals surface area (Å²) in [5.41, 5.74) is 2.70. The predicted octanol–water partition coefficient (Wildman–Crippen LogP) is 1.07. The number of benzene rings is 1. The minimum atomic E-state index is -3.45. The Bertz CT molecular complexity index is 766. The number of amides is 1. The van der Waals surface area contributed by atoms with Gasteiger partial charge in [0.05, 0.1) is 5.92 Å². The molecule has 0 radical (unpaired) electrons. The van der Waals surface area contributed by atoms with E-state index < -0.39 is 10.2 Å². The van der Waals surface area contributed by atoms with Crippen LogP contribution in [0.5, 0.6) is 0 Å². The fourth-order valence-electron chi connectivity index (χ4n) is 3.86. The second-order valence-corrected chi connectivity index (χ2v) is 9.64. The number of hydrogen-bond acceptors (Lipinski definition) is 4. The van der Waals surface area contributed by atoms with Crippen molar-refractivity contribution in [2.45, 2.75) is 25.7 Å². The molecule has 0 spiro atoms. The Labute approximate surface area is 162 Å². The van der Waals surface area contributed by atoms with Crippen LogP contribution in [-0.2, 0) is 21.4 Å². The summed E-state index contributed by atoms with van der Waals surface area (Å²) in [5.74, 6) is -0.295. The number of nitrogens with one attached hydrogen (secondary N) is 1. The molecule has 1 saturated heterocycles. The van der Waals surface area contributed by atoms with Crippen molar-refractivity contribution in [1.29, 1.82) is 0 Å². The first kappa shape index (κ1) is 20.1. The van der Waals surface area contributed by atoms with Gasteiger partial charge in [-0.15, -0.1) is 0 Å². The molecule has 0 aliphatic carbocycles. The van der Waals surface area contributed by atoms with Gasteiger partial charge in [0.1, 0.15) is 0 Å². The van der Waals surface area contributed by atoms with E-state index in [4.69, 9.17) is 0 Å². The first-order chi connectivity index (χ1) is 12.9. The minimum Gasteiger partial charge on any atom is -0.371 e. The maximum Gasteiger partial charge on any atom is 0.281 e. The number of fused-ring (bicyclic) bond motifs is 1. The summed E-state index contributed by atoms with van der Waals surface area (Å²) in [6.07, 6.45) is 3.42. The van der Waals surface area contributed by atoms with Crippen molar-refractivity contribution >= 4 is 21.8 Å². The summed E-state index contributed by atoms with van der Waals surface area (Å²) in [6, 6.07) is 8.47. The Morgan fingerprint density at radius 1 is 1.26 bits per heavy atom. The van der Waals surface area contributed by atoms with Crippen molar-refractivity contribution in [1.82, 2.24) is 13.9 Å². The van der Waals surface area contributed by atoms with Gasteiger partial charge >= 0.3 is 0 Å². The van der Waals surface area contributed by atoms with Crippen LogP contribution in [-0.4, -0.2) is 69.8 Å². The van der Waals surface area contributed by atoms with Gasteiger partial charge in [-0.25, -0.2) is 0 Å². The van der Waals surface area contributed by atoms with Crippen LogP contribution in [0.3, 0.4) is 0 Å². The lowest BCUT2D eigenvalue weighted by Crippen LogP contribution is -2.49. The SMILES string of the molecule is CN(C)S(=O)(=O)N1CCC[C@H](C(=O)NCCCN2CCc3ccccc32)C1. The van der Waals surface area contributed by atoms with E-state index in [1.54, 1.807) is 0 Å². The molecule has 27 heavy (non-hydrogen) atoms. The third kappa shape index (κ3) is 4.62. The van der Waals surface area contributed by atoms with Gasteiger partial charge in [0.25, 0.3) is 10.2 Å². The van der Waals surface area contributed by atoms with Crippen molar-refractivity contribution in [3.8, 4) is 0 Å². The molecule has 1 atom stereocenters. The lowest BCUT2D eigenvalue weighted by Gasteiger charge is -2.32. The number of nitrogens with zero attached hydrogens (tertiary/aromatic N) is 3. The lowest BCUT2D eigenvalue weighted by atomic mass is 9.99. The zero-order valence-corrected chi connectivity index (χ0v) is 17.0. The fourth-order valence-corrected chi connectivity index (χ4v) is 5.05. The molecular weight excluding hydrogens is 364 g/mol. The molecular formula is C19H30N4O3S. The first-order valence-electron chi connectivity index (χ1n) is 9.68. The lowest BCUT2D eigenvalue weighted by molar-refractivity contribution is -0.126. The molecule has 1 aromatic carbocycles. The summed E-state index contributed by atoms with van der Waals surface area (Å²) < 4.78 is 27.2. The molecule has 1 amide bonds. The molecule has 0 aromatic heterocycles. The van der Waals surface area contributed by atoms with Crippen LogP contribution in [0.25, 0.3) is 0 Å². The zero-order valence-electron chi connectivity index (χ0n) is 16.2. The third-order valence-corrected chi connectivity index (χ3v) is 7.34. The molecule has 2 heterocycles. The maximum absolute atomic E-state index is 12.5. The molecule has 0 bridgehead atoms. The fraction of sp³-hybridized carbons (Fsp3) is 0.632. The normalized spacial score (nSPS) is 20.7. The number of anilines is 1. The molecule has 7 nitrogen and oxygen atoms in total. The van der Waals surface area contributed by atoms with Crippen molar-refractivity contribution in [2.75, 3.05) is 51.7 Å². The second-order valence-electron chi connectivity index (χ2n) is 7.50.